The molecule has 0 aromatic heterocycles. The molecule has 2 saturated heterocycles. The van der Waals surface area contributed by atoms with Crippen LogP contribution in [0.15, 0.2) is 30.3 Å². The Hall–Kier alpha value is -1.61. The third kappa shape index (κ3) is 4.66. The summed E-state index contributed by atoms with van der Waals surface area (Å²) in [4.78, 5) is 18.6. The number of hydroxylamine groups is 2. The van der Waals surface area contributed by atoms with Gasteiger partial charge < -0.3 is 14.8 Å². The van der Waals surface area contributed by atoms with Gasteiger partial charge in [-0.1, -0.05) is 51.1 Å². The van der Waals surface area contributed by atoms with Gasteiger partial charge in [0, 0.05) is 20.1 Å². The third-order valence-corrected chi connectivity index (χ3v) is 5.99. The predicted octanol–water partition coefficient (Wildman–Crippen LogP) is 3.16. The van der Waals surface area contributed by atoms with E-state index in [9.17, 15) is 13.6 Å². The summed E-state index contributed by atoms with van der Waals surface area (Å²) in [5.41, 5.74) is -0.723. The monoisotopic (exact) mass is 426 g/mol. The highest BCUT2D eigenvalue weighted by Crippen LogP contribution is 2.43. The van der Waals surface area contributed by atoms with E-state index in [1.807, 2.05) is 51.1 Å². The Balaban J connectivity index is 1.66. The average molecular weight is 427 g/mol. The van der Waals surface area contributed by atoms with Crippen LogP contribution >= 0.6 is 0 Å². The maximum Gasteiger partial charge on any atom is 0.338 e. The predicted molar refractivity (Wildman–Crippen MR) is 108 cm³/mol. The minimum atomic E-state index is -2.91. The summed E-state index contributed by atoms with van der Waals surface area (Å²) in [6, 6.07) is 7.77. The Morgan fingerprint density at radius 2 is 1.93 bits per heavy atom. The summed E-state index contributed by atoms with van der Waals surface area (Å²) in [5.74, 6) is -3.45. The molecule has 0 radical (unpaired) electrons. The van der Waals surface area contributed by atoms with Crippen LogP contribution in [0.3, 0.4) is 0 Å². The number of carbonyl (C=O) groups is 1. The standard InChI is InChI=1S/C22H32F2N2O4/c1-20(2,3)18-16-17(22(23,24)14-25-16)26(30-18)12-11-21(4,28-5)19(27)29-13-15-9-7-6-8-10-15/h6-10,16-18,25H,11-14H2,1-5H3/t16-,17-,18?,21?/m0/s1. The first-order valence-corrected chi connectivity index (χ1v) is 10.3. The number of carbonyl (C=O) groups excluding carboxylic acids is 1. The van der Waals surface area contributed by atoms with E-state index in [4.69, 9.17) is 14.3 Å². The molecule has 0 saturated carbocycles. The van der Waals surface area contributed by atoms with Crippen molar-refractivity contribution in [1.29, 1.82) is 0 Å². The molecule has 3 rings (SSSR count). The van der Waals surface area contributed by atoms with Crippen LogP contribution in [-0.4, -0.2) is 60.9 Å². The summed E-state index contributed by atoms with van der Waals surface area (Å²) in [7, 11) is 1.42. The molecule has 8 heteroatoms. The fraction of sp³-hybridized carbons (Fsp3) is 0.682. The van der Waals surface area contributed by atoms with Crippen LogP contribution in [0, 0.1) is 5.41 Å². The lowest BCUT2D eigenvalue weighted by molar-refractivity contribution is -0.221. The maximum atomic E-state index is 14.6. The molecule has 30 heavy (non-hydrogen) atoms. The fourth-order valence-corrected chi connectivity index (χ4v) is 4.05. The number of hydrogen-bond acceptors (Lipinski definition) is 6. The zero-order valence-electron chi connectivity index (χ0n) is 18.3. The largest absolute Gasteiger partial charge is 0.459 e. The van der Waals surface area contributed by atoms with Gasteiger partial charge in [-0.25, -0.2) is 13.6 Å². The normalized spacial score (nSPS) is 28.2. The molecule has 2 unspecified atom stereocenters. The van der Waals surface area contributed by atoms with E-state index in [0.29, 0.717) is 0 Å². The van der Waals surface area contributed by atoms with Gasteiger partial charge in [-0.05, 0) is 17.9 Å². The molecule has 2 aliphatic rings. The highest BCUT2D eigenvalue weighted by atomic mass is 19.3. The summed E-state index contributed by atoms with van der Waals surface area (Å²) < 4.78 is 40.0. The Morgan fingerprint density at radius 3 is 2.53 bits per heavy atom. The number of methoxy groups -OCH3 is 1. The third-order valence-electron chi connectivity index (χ3n) is 5.99. The van der Waals surface area contributed by atoms with Crippen LogP contribution < -0.4 is 5.32 Å². The van der Waals surface area contributed by atoms with Crippen molar-refractivity contribution in [2.75, 3.05) is 20.2 Å². The molecule has 1 aromatic carbocycles. The van der Waals surface area contributed by atoms with E-state index < -0.39 is 35.7 Å². The Bertz CT molecular complexity index is 740. The van der Waals surface area contributed by atoms with Gasteiger partial charge in [-0.3, -0.25) is 4.84 Å². The number of rotatable bonds is 7. The zero-order chi connectivity index (χ0) is 22.2. The van der Waals surface area contributed by atoms with Crippen molar-refractivity contribution in [1.82, 2.24) is 10.4 Å². The molecule has 0 amide bonds. The number of nitrogens with zero attached hydrogens (tertiary/aromatic N) is 1. The second-order valence-electron chi connectivity index (χ2n) is 9.39. The minimum Gasteiger partial charge on any atom is -0.459 e. The maximum absolute atomic E-state index is 14.6. The van der Waals surface area contributed by atoms with Crippen molar-refractivity contribution in [3.8, 4) is 0 Å². The number of ether oxygens (including phenoxy) is 2. The lowest BCUT2D eigenvalue weighted by atomic mass is 9.83. The zero-order valence-corrected chi connectivity index (χ0v) is 18.3. The van der Waals surface area contributed by atoms with Crippen LogP contribution in [0.25, 0.3) is 0 Å². The topological polar surface area (TPSA) is 60.0 Å². The number of benzene rings is 1. The van der Waals surface area contributed by atoms with Crippen LogP contribution in [0.2, 0.25) is 0 Å². The number of hydrogen-bond donors (Lipinski definition) is 1. The minimum absolute atomic E-state index is 0.121. The molecular weight excluding hydrogens is 394 g/mol. The smallest absolute Gasteiger partial charge is 0.338 e. The molecular formula is C22H32F2N2O4. The summed E-state index contributed by atoms with van der Waals surface area (Å²) in [6.45, 7) is 7.38. The Morgan fingerprint density at radius 1 is 1.27 bits per heavy atom. The van der Waals surface area contributed by atoms with Gasteiger partial charge >= 0.3 is 5.97 Å². The lowest BCUT2D eigenvalue weighted by Gasteiger charge is -2.32. The van der Waals surface area contributed by atoms with Crippen LogP contribution in [-0.2, 0) is 25.7 Å². The van der Waals surface area contributed by atoms with E-state index >= 15 is 0 Å². The number of nitrogens with one attached hydrogen (secondary N) is 1. The van der Waals surface area contributed by atoms with Crippen LogP contribution in [0.1, 0.15) is 39.7 Å². The van der Waals surface area contributed by atoms with E-state index in [-0.39, 0.29) is 31.5 Å². The van der Waals surface area contributed by atoms with E-state index in [1.54, 1.807) is 6.92 Å². The fourth-order valence-electron chi connectivity index (χ4n) is 4.05. The molecule has 1 aromatic rings. The molecule has 2 fully saturated rings. The van der Waals surface area contributed by atoms with Gasteiger partial charge in [-0.2, -0.15) is 5.06 Å². The quantitative estimate of drug-likeness (QED) is 0.676. The second kappa shape index (κ2) is 8.49. The number of esters is 1. The van der Waals surface area contributed by atoms with Gasteiger partial charge in [0.25, 0.3) is 5.92 Å². The van der Waals surface area contributed by atoms with Crippen LogP contribution in [0.5, 0.6) is 0 Å². The van der Waals surface area contributed by atoms with Crippen molar-refractivity contribution in [3.63, 3.8) is 0 Å². The number of alkyl halides is 2. The first kappa shape index (κ1) is 23.1. The Labute approximate surface area is 176 Å². The van der Waals surface area contributed by atoms with Crippen LogP contribution in [0.4, 0.5) is 8.78 Å². The van der Waals surface area contributed by atoms with Crippen molar-refractivity contribution >= 4 is 5.97 Å². The van der Waals surface area contributed by atoms with Gasteiger partial charge in [-0.15, -0.1) is 0 Å². The highest BCUT2D eigenvalue weighted by molar-refractivity contribution is 5.79. The van der Waals surface area contributed by atoms with Gasteiger partial charge in [0.15, 0.2) is 5.60 Å². The molecule has 1 N–H and O–H groups in total. The highest BCUT2D eigenvalue weighted by Gasteiger charge is 2.62. The summed E-state index contributed by atoms with van der Waals surface area (Å²) in [6.07, 6.45) is -0.234. The number of fused-ring (bicyclic) bond motifs is 1. The molecule has 168 valence electrons. The van der Waals surface area contributed by atoms with Gasteiger partial charge in [0.1, 0.15) is 18.8 Å². The average Bonchev–Trinajstić information content (AvgIpc) is 3.23. The van der Waals surface area contributed by atoms with Crippen molar-refractivity contribution in [3.05, 3.63) is 35.9 Å². The van der Waals surface area contributed by atoms with Crippen molar-refractivity contribution in [2.45, 2.75) is 70.4 Å². The van der Waals surface area contributed by atoms with E-state index in [1.165, 1.54) is 12.2 Å². The van der Waals surface area contributed by atoms with Gasteiger partial charge in [0.2, 0.25) is 0 Å². The van der Waals surface area contributed by atoms with Crippen molar-refractivity contribution < 1.29 is 27.9 Å². The molecule has 2 heterocycles. The van der Waals surface area contributed by atoms with Gasteiger partial charge in [0.05, 0.1) is 12.6 Å². The summed E-state index contributed by atoms with van der Waals surface area (Å²) >= 11 is 0. The van der Waals surface area contributed by atoms with E-state index in [2.05, 4.69) is 5.32 Å². The molecule has 4 atom stereocenters. The first-order chi connectivity index (χ1) is 14.0. The lowest BCUT2D eigenvalue weighted by Crippen LogP contribution is -2.48. The molecule has 2 aliphatic heterocycles. The number of halogens is 2. The molecule has 0 spiro atoms. The van der Waals surface area contributed by atoms with E-state index in [0.717, 1.165) is 5.56 Å². The molecule has 6 nitrogen and oxygen atoms in total. The molecule has 0 bridgehead atoms. The Kier molecular flexibility index (Phi) is 6.53. The first-order valence-electron chi connectivity index (χ1n) is 10.3. The molecule has 0 aliphatic carbocycles. The SMILES string of the molecule is COC(C)(CCN1OC(C(C)(C)C)[C@H]2NCC(F)(F)[C@H]21)C(=O)OCc1ccccc1. The van der Waals surface area contributed by atoms with Crippen molar-refractivity contribution in [2.24, 2.45) is 5.41 Å². The second-order valence-corrected chi connectivity index (χ2v) is 9.39. The summed E-state index contributed by atoms with van der Waals surface area (Å²) in [5, 5.41) is 4.26.